The standard InChI is InChI=1S/C24H26N6O/c1-3-19-11-20(24(31)25-12-17-13-26-29(2)14-17)21-22(18-9-10-18)28-30(23(21)27-19)15-16-7-5-4-6-8-16/h4-8,11,13-14,18H,3,9-10,12,15H2,1-2H3,(H,25,31). The number of aromatic nitrogens is 5. The van der Waals surface area contributed by atoms with Gasteiger partial charge in [0, 0.05) is 37.0 Å². The van der Waals surface area contributed by atoms with Crippen molar-refractivity contribution in [3.05, 3.63) is 76.9 Å². The van der Waals surface area contributed by atoms with Crippen molar-refractivity contribution in [3.8, 4) is 0 Å². The zero-order chi connectivity index (χ0) is 21.4. The Balaban J connectivity index is 1.56. The van der Waals surface area contributed by atoms with Crippen LogP contribution in [0.4, 0.5) is 0 Å². The van der Waals surface area contributed by atoms with Crippen LogP contribution in [-0.2, 0) is 26.6 Å². The maximum atomic E-state index is 13.3. The summed E-state index contributed by atoms with van der Waals surface area (Å²) in [4.78, 5) is 18.2. The molecule has 0 bridgehead atoms. The van der Waals surface area contributed by atoms with Crippen LogP contribution in [0.2, 0.25) is 0 Å². The van der Waals surface area contributed by atoms with Gasteiger partial charge >= 0.3 is 0 Å². The number of hydrogen-bond donors (Lipinski definition) is 1. The second-order valence-corrected chi connectivity index (χ2v) is 8.22. The van der Waals surface area contributed by atoms with Crippen LogP contribution in [0.1, 0.15) is 58.6 Å². The molecule has 7 nitrogen and oxygen atoms in total. The summed E-state index contributed by atoms with van der Waals surface area (Å²) in [5, 5.41) is 13.1. The van der Waals surface area contributed by atoms with Crippen LogP contribution in [0.3, 0.4) is 0 Å². The molecule has 1 N–H and O–H groups in total. The molecule has 7 heteroatoms. The minimum absolute atomic E-state index is 0.0906. The van der Waals surface area contributed by atoms with E-state index in [1.165, 1.54) is 5.56 Å². The Morgan fingerprint density at radius 1 is 1.19 bits per heavy atom. The summed E-state index contributed by atoms with van der Waals surface area (Å²) in [5.74, 6) is 0.325. The van der Waals surface area contributed by atoms with Gasteiger partial charge in [-0.25, -0.2) is 9.67 Å². The number of nitrogens with one attached hydrogen (secondary N) is 1. The Kier molecular flexibility index (Phi) is 5.02. The molecule has 3 heterocycles. The predicted molar refractivity (Wildman–Crippen MR) is 119 cm³/mol. The first-order valence-corrected chi connectivity index (χ1v) is 10.8. The van der Waals surface area contributed by atoms with Crippen LogP contribution < -0.4 is 5.32 Å². The largest absolute Gasteiger partial charge is 0.348 e. The molecule has 1 aliphatic rings. The average Bonchev–Trinajstić information content (AvgIpc) is 3.46. The minimum Gasteiger partial charge on any atom is -0.348 e. The fourth-order valence-electron chi connectivity index (χ4n) is 3.96. The number of fused-ring (bicyclic) bond motifs is 1. The summed E-state index contributed by atoms with van der Waals surface area (Å²) in [6.07, 6.45) is 6.67. The number of benzene rings is 1. The number of carbonyl (C=O) groups is 1. The number of rotatable bonds is 7. The van der Waals surface area contributed by atoms with Crippen LogP contribution in [-0.4, -0.2) is 30.5 Å². The van der Waals surface area contributed by atoms with Gasteiger partial charge in [-0.3, -0.25) is 9.48 Å². The van der Waals surface area contributed by atoms with E-state index in [2.05, 4.69) is 29.5 Å². The predicted octanol–water partition coefficient (Wildman–Crippen LogP) is 3.58. The smallest absolute Gasteiger partial charge is 0.252 e. The normalized spacial score (nSPS) is 13.6. The van der Waals surface area contributed by atoms with Gasteiger partial charge in [-0.1, -0.05) is 37.3 Å². The summed E-state index contributed by atoms with van der Waals surface area (Å²) >= 11 is 0. The van der Waals surface area contributed by atoms with E-state index in [4.69, 9.17) is 10.1 Å². The molecular formula is C24H26N6O. The van der Waals surface area contributed by atoms with E-state index in [0.29, 0.717) is 24.6 Å². The third kappa shape index (κ3) is 3.95. The van der Waals surface area contributed by atoms with Gasteiger partial charge in [-0.05, 0) is 30.9 Å². The summed E-state index contributed by atoms with van der Waals surface area (Å²) in [6.45, 7) is 3.14. The minimum atomic E-state index is -0.0906. The zero-order valence-corrected chi connectivity index (χ0v) is 17.9. The van der Waals surface area contributed by atoms with E-state index in [-0.39, 0.29) is 5.91 Å². The first-order chi connectivity index (χ1) is 15.1. The monoisotopic (exact) mass is 414 g/mol. The molecule has 158 valence electrons. The van der Waals surface area contributed by atoms with Crippen LogP contribution in [0, 0.1) is 0 Å². The van der Waals surface area contributed by atoms with Crippen molar-refractivity contribution in [3.63, 3.8) is 0 Å². The lowest BCUT2D eigenvalue weighted by molar-refractivity contribution is 0.0952. The Labute approximate surface area is 181 Å². The Bertz CT molecular complexity index is 1240. The van der Waals surface area contributed by atoms with Gasteiger partial charge in [0.1, 0.15) is 0 Å². The number of amides is 1. The van der Waals surface area contributed by atoms with Gasteiger partial charge in [0.15, 0.2) is 5.65 Å². The molecule has 0 aliphatic heterocycles. The molecule has 0 saturated heterocycles. The van der Waals surface area contributed by atoms with Gasteiger partial charge in [-0.15, -0.1) is 0 Å². The lowest BCUT2D eigenvalue weighted by Gasteiger charge is -2.09. The summed E-state index contributed by atoms with van der Waals surface area (Å²) in [7, 11) is 1.87. The molecule has 0 spiro atoms. The number of hydrogen-bond acceptors (Lipinski definition) is 4. The third-order valence-electron chi connectivity index (χ3n) is 5.74. The average molecular weight is 415 g/mol. The molecule has 1 aromatic carbocycles. The zero-order valence-electron chi connectivity index (χ0n) is 17.9. The van der Waals surface area contributed by atoms with Crippen LogP contribution in [0.5, 0.6) is 0 Å². The molecule has 3 aromatic heterocycles. The maximum Gasteiger partial charge on any atom is 0.252 e. The Morgan fingerprint density at radius 2 is 2.00 bits per heavy atom. The lowest BCUT2D eigenvalue weighted by Crippen LogP contribution is -2.23. The van der Waals surface area contributed by atoms with E-state index in [1.54, 1.807) is 10.9 Å². The third-order valence-corrected chi connectivity index (χ3v) is 5.74. The Morgan fingerprint density at radius 3 is 2.68 bits per heavy atom. The fraction of sp³-hybridized carbons (Fsp3) is 0.333. The van der Waals surface area contributed by atoms with Crippen molar-refractivity contribution in [2.75, 3.05) is 0 Å². The number of nitrogens with zero attached hydrogens (tertiary/aromatic N) is 5. The first-order valence-electron chi connectivity index (χ1n) is 10.8. The highest BCUT2D eigenvalue weighted by Crippen LogP contribution is 2.43. The molecule has 0 unspecified atom stereocenters. The lowest BCUT2D eigenvalue weighted by atomic mass is 10.1. The van der Waals surface area contributed by atoms with E-state index < -0.39 is 0 Å². The van der Waals surface area contributed by atoms with Crippen molar-refractivity contribution >= 4 is 16.9 Å². The van der Waals surface area contributed by atoms with Gasteiger partial charge in [-0.2, -0.15) is 10.2 Å². The summed E-state index contributed by atoms with van der Waals surface area (Å²) in [5.41, 5.74) is 5.52. The molecule has 31 heavy (non-hydrogen) atoms. The molecule has 1 saturated carbocycles. The topological polar surface area (TPSA) is 77.6 Å². The molecular weight excluding hydrogens is 388 g/mol. The summed E-state index contributed by atoms with van der Waals surface area (Å²) in [6, 6.07) is 12.2. The maximum absolute atomic E-state index is 13.3. The van der Waals surface area contributed by atoms with Crippen molar-refractivity contribution in [2.24, 2.45) is 7.05 Å². The van der Waals surface area contributed by atoms with Crippen molar-refractivity contribution in [1.29, 1.82) is 0 Å². The second-order valence-electron chi connectivity index (χ2n) is 8.22. The second kappa shape index (κ2) is 7.98. The molecule has 0 radical (unpaired) electrons. The molecule has 1 amide bonds. The highest BCUT2D eigenvalue weighted by molar-refractivity contribution is 6.06. The van der Waals surface area contributed by atoms with Gasteiger partial charge in [0.25, 0.3) is 5.91 Å². The van der Waals surface area contributed by atoms with Gasteiger partial charge < -0.3 is 5.32 Å². The van der Waals surface area contributed by atoms with Gasteiger partial charge in [0.05, 0.1) is 29.4 Å². The number of aryl methyl sites for hydroxylation is 2. The van der Waals surface area contributed by atoms with Crippen LogP contribution in [0.15, 0.2) is 48.8 Å². The quantitative estimate of drug-likeness (QED) is 0.501. The number of carbonyl (C=O) groups excluding carboxylic acids is 1. The molecule has 5 rings (SSSR count). The summed E-state index contributed by atoms with van der Waals surface area (Å²) < 4.78 is 3.70. The molecule has 1 aliphatic carbocycles. The van der Waals surface area contributed by atoms with Crippen molar-refractivity contribution in [2.45, 2.75) is 45.2 Å². The highest BCUT2D eigenvalue weighted by atomic mass is 16.1. The molecule has 4 aromatic rings. The number of pyridine rings is 1. The van der Waals surface area contributed by atoms with Gasteiger partial charge in [0.2, 0.25) is 0 Å². The SMILES string of the molecule is CCc1cc(C(=O)NCc2cnn(C)c2)c2c(C3CC3)nn(Cc3ccccc3)c2n1. The first kappa shape index (κ1) is 19.5. The van der Waals surface area contributed by atoms with Crippen molar-refractivity contribution in [1.82, 2.24) is 29.9 Å². The molecule has 0 atom stereocenters. The van der Waals surface area contributed by atoms with E-state index >= 15 is 0 Å². The fourth-order valence-corrected chi connectivity index (χ4v) is 3.96. The van der Waals surface area contributed by atoms with Crippen molar-refractivity contribution < 1.29 is 4.79 Å². The molecule has 1 fully saturated rings. The highest BCUT2D eigenvalue weighted by Gasteiger charge is 2.32. The van der Waals surface area contributed by atoms with E-state index in [9.17, 15) is 4.79 Å². The van der Waals surface area contributed by atoms with E-state index in [1.807, 2.05) is 42.2 Å². The van der Waals surface area contributed by atoms with Crippen LogP contribution >= 0.6 is 0 Å². The van der Waals surface area contributed by atoms with Crippen LogP contribution in [0.25, 0.3) is 11.0 Å². The Hall–Kier alpha value is -3.48. The van der Waals surface area contributed by atoms with E-state index in [0.717, 1.165) is 47.2 Å².